The highest BCUT2D eigenvalue weighted by atomic mass is 32.2. The summed E-state index contributed by atoms with van der Waals surface area (Å²) in [6, 6.07) is 17.7. The fourth-order valence-corrected chi connectivity index (χ4v) is 4.59. The number of carbonyl (C=O) groups excluding carboxylic acids is 1. The van der Waals surface area contributed by atoms with Crippen LogP contribution in [0.3, 0.4) is 0 Å². The van der Waals surface area contributed by atoms with Crippen LogP contribution in [0.5, 0.6) is 0 Å². The average molecular weight is 417 g/mol. The molecule has 1 aliphatic rings. The zero-order valence-corrected chi connectivity index (χ0v) is 16.6. The standard InChI is InChI=1S/C22H15N3O4S/c1-13-6-9-15(10-7-13)30(28,29)24-14-8-11-18-17(12-14)22(27)25-19-5-3-2-4-16(19)20(26)21(25)23-18/h2-12,24H,1H3. The molecule has 2 heterocycles. The molecule has 30 heavy (non-hydrogen) atoms. The Hall–Kier alpha value is -3.78. The summed E-state index contributed by atoms with van der Waals surface area (Å²) in [5.74, 6) is -0.254. The third kappa shape index (κ3) is 2.73. The fourth-order valence-electron chi connectivity index (χ4n) is 3.54. The monoisotopic (exact) mass is 417 g/mol. The van der Waals surface area contributed by atoms with Gasteiger partial charge < -0.3 is 0 Å². The van der Waals surface area contributed by atoms with Gasteiger partial charge in [-0.1, -0.05) is 29.8 Å². The summed E-state index contributed by atoms with van der Waals surface area (Å²) < 4.78 is 29.1. The Labute approximate surface area is 171 Å². The van der Waals surface area contributed by atoms with Gasteiger partial charge in [0.25, 0.3) is 15.6 Å². The van der Waals surface area contributed by atoms with Crippen molar-refractivity contribution in [3.8, 4) is 5.69 Å². The molecule has 0 radical (unpaired) electrons. The first kappa shape index (κ1) is 18.3. The van der Waals surface area contributed by atoms with Gasteiger partial charge in [-0.3, -0.25) is 18.9 Å². The molecule has 148 valence electrons. The Balaban J connectivity index is 1.63. The van der Waals surface area contributed by atoms with Crippen molar-refractivity contribution in [2.45, 2.75) is 11.8 Å². The first-order chi connectivity index (χ1) is 14.3. The number of nitrogens with one attached hydrogen (secondary N) is 1. The van der Waals surface area contributed by atoms with Crippen LogP contribution >= 0.6 is 0 Å². The fraction of sp³-hybridized carbons (Fsp3) is 0.0455. The highest BCUT2D eigenvalue weighted by molar-refractivity contribution is 7.92. The molecule has 0 bridgehead atoms. The molecule has 1 aromatic heterocycles. The van der Waals surface area contributed by atoms with Gasteiger partial charge in [0.15, 0.2) is 5.82 Å². The Morgan fingerprint density at radius 2 is 1.67 bits per heavy atom. The van der Waals surface area contributed by atoms with E-state index in [1.807, 2.05) is 6.92 Å². The largest absolute Gasteiger partial charge is 0.285 e. The smallest absolute Gasteiger partial charge is 0.266 e. The Morgan fingerprint density at radius 1 is 0.933 bits per heavy atom. The summed E-state index contributed by atoms with van der Waals surface area (Å²) in [7, 11) is -3.81. The molecule has 0 saturated heterocycles. The number of nitrogens with zero attached hydrogens (tertiary/aromatic N) is 2. The molecule has 0 aliphatic carbocycles. The van der Waals surface area contributed by atoms with E-state index >= 15 is 0 Å². The van der Waals surface area contributed by atoms with Gasteiger partial charge in [0, 0.05) is 5.69 Å². The Morgan fingerprint density at radius 3 is 2.43 bits per heavy atom. The normalized spacial score (nSPS) is 12.6. The van der Waals surface area contributed by atoms with Crippen molar-refractivity contribution in [3.63, 3.8) is 0 Å². The minimum atomic E-state index is -3.81. The van der Waals surface area contributed by atoms with E-state index in [1.54, 1.807) is 36.4 Å². The van der Waals surface area contributed by atoms with E-state index in [4.69, 9.17) is 0 Å². The van der Waals surface area contributed by atoms with Gasteiger partial charge in [0.1, 0.15) is 0 Å². The molecule has 4 aromatic rings. The molecule has 0 atom stereocenters. The van der Waals surface area contributed by atoms with Crippen LogP contribution < -0.4 is 10.3 Å². The molecule has 0 saturated carbocycles. The van der Waals surface area contributed by atoms with Gasteiger partial charge in [-0.15, -0.1) is 0 Å². The van der Waals surface area contributed by atoms with Gasteiger partial charge in [0.2, 0.25) is 5.78 Å². The molecular weight excluding hydrogens is 402 g/mol. The molecule has 0 amide bonds. The van der Waals surface area contributed by atoms with Crippen LogP contribution in [-0.2, 0) is 10.0 Å². The van der Waals surface area contributed by atoms with Crippen LogP contribution in [-0.4, -0.2) is 23.8 Å². The number of hydrogen-bond acceptors (Lipinski definition) is 5. The summed E-state index contributed by atoms with van der Waals surface area (Å²) in [5.41, 5.74) is 1.97. The minimum absolute atomic E-state index is 0.0571. The number of sulfonamides is 1. The lowest BCUT2D eigenvalue weighted by atomic mass is 10.1. The third-order valence-corrected chi connectivity index (χ3v) is 6.44. The van der Waals surface area contributed by atoms with E-state index in [-0.39, 0.29) is 27.6 Å². The van der Waals surface area contributed by atoms with Crippen LogP contribution in [0.4, 0.5) is 5.69 Å². The number of para-hydroxylation sites is 1. The zero-order valence-electron chi connectivity index (χ0n) is 15.8. The topological polar surface area (TPSA) is 98.1 Å². The number of carbonyl (C=O) groups is 1. The Bertz CT molecular complexity index is 1520. The van der Waals surface area contributed by atoms with Gasteiger partial charge in [-0.05, 0) is 49.4 Å². The second-order valence-corrected chi connectivity index (χ2v) is 8.76. The van der Waals surface area contributed by atoms with Crippen molar-refractivity contribution in [2.24, 2.45) is 0 Å². The number of aromatic nitrogens is 2. The number of aryl methyl sites for hydroxylation is 1. The molecule has 5 rings (SSSR count). The van der Waals surface area contributed by atoms with Crippen molar-refractivity contribution in [1.29, 1.82) is 0 Å². The molecule has 1 N–H and O–H groups in total. The van der Waals surface area contributed by atoms with Crippen molar-refractivity contribution >= 4 is 32.4 Å². The van der Waals surface area contributed by atoms with E-state index in [9.17, 15) is 18.0 Å². The van der Waals surface area contributed by atoms with Crippen LogP contribution in [0.15, 0.2) is 76.4 Å². The second-order valence-electron chi connectivity index (χ2n) is 7.07. The average Bonchev–Trinajstić information content (AvgIpc) is 3.01. The molecule has 0 spiro atoms. The second kappa shape index (κ2) is 6.36. The summed E-state index contributed by atoms with van der Waals surface area (Å²) >= 11 is 0. The van der Waals surface area contributed by atoms with E-state index in [1.165, 1.54) is 34.9 Å². The molecule has 3 aromatic carbocycles. The van der Waals surface area contributed by atoms with E-state index in [0.29, 0.717) is 16.8 Å². The highest BCUT2D eigenvalue weighted by Crippen LogP contribution is 2.27. The summed E-state index contributed by atoms with van der Waals surface area (Å²) in [4.78, 5) is 30.2. The third-order valence-electron chi connectivity index (χ3n) is 5.04. The van der Waals surface area contributed by atoms with Gasteiger partial charge in [-0.2, -0.15) is 0 Å². The van der Waals surface area contributed by atoms with Crippen LogP contribution in [0.2, 0.25) is 0 Å². The number of anilines is 1. The number of hydrogen-bond donors (Lipinski definition) is 1. The van der Waals surface area contributed by atoms with Crippen molar-refractivity contribution in [2.75, 3.05) is 4.72 Å². The predicted octanol–water partition coefficient (Wildman–Crippen LogP) is 3.04. The summed E-state index contributed by atoms with van der Waals surface area (Å²) in [6.07, 6.45) is 0. The maximum atomic E-state index is 13.1. The SMILES string of the molecule is Cc1ccc(S(=O)(=O)Nc2ccc3nc4n(c(=O)c3c2)-c2ccccc2C4=O)cc1. The highest BCUT2D eigenvalue weighted by Gasteiger charge is 2.30. The molecule has 0 fully saturated rings. The first-order valence-corrected chi connectivity index (χ1v) is 10.6. The molecule has 7 nitrogen and oxygen atoms in total. The molecule has 0 unspecified atom stereocenters. The van der Waals surface area contributed by atoms with Gasteiger partial charge in [-0.25, -0.2) is 13.4 Å². The number of benzene rings is 3. The van der Waals surface area contributed by atoms with Crippen LogP contribution in [0, 0.1) is 6.92 Å². The van der Waals surface area contributed by atoms with Crippen molar-refractivity contribution < 1.29 is 13.2 Å². The number of rotatable bonds is 3. The quantitative estimate of drug-likeness (QED) is 0.487. The van der Waals surface area contributed by atoms with Gasteiger partial charge in [0.05, 0.1) is 27.0 Å². The lowest BCUT2D eigenvalue weighted by Crippen LogP contribution is -2.22. The van der Waals surface area contributed by atoms with E-state index < -0.39 is 15.6 Å². The minimum Gasteiger partial charge on any atom is -0.285 e. The van der Waals surface area contributed by atoms with Crippen LogP contribution in [0.25, 0.3) is 16.6 Å². The number of fused-ring (bicyclic) bond motifs is 4. The maximum Gasteiger partial charge on any atom is 0.266 e. The number of ketones is 1. The Kier molecular flexibility index (Phi) is 3.87. The van der Waals surface area contributed by atoms with Crippen molar-refractivity contribution in [1.82, 2.24) is 9.55 Å². The first-order valence-electron chi connectivity index (χ1n) is 9.15. The summed E-state index contributed by atoms with van der Waals surface area (Å²) in [5, 5.41) is 0.215. The maximum absolute atomic E-state index is 13.1. The zero-order chi connectivity index (χ0) is 21.0. The van der Waals surface area contributed by atoms with Crippen molar-refractivity contribution in [3.05, 3.63) is 94.0 Å². The molecule has 8 heteroatoms. The molecule has 1 aliphatic heterocycles. The predicted molar refractivity (Wildman–Crippen MR) is 113 cm³/mol. The van der Waals surface area contributed by atoms with Crippen LogP contribution in [0.1, 0.15) is 21.7 Å². The van der Waals surface area contributed by atoms with Gasteiger partial charge >= 0.3 is 0 Å². The lowest BCUT2D eigenvalue weighted by molar-refractivity contribution is 0.103. The van der Waals surface area contributed by atoms with E-state index in [2.05, 4.69) is 9.71 Å². The molecular formula is C22H15N3O4S. The summed E-state index contributed by atoms with van der Waals surface area (Å²) in [6.45, 7) is 1.87. The lowest BCUT2D eigenvalue weighted by Gasteiger charge is -2.10. The van der Waals surface area contributed by atoms with E-state index in [0.717, 1.165) is 5.56 Å².